The van der Waals surface area contributed by atoms with Gasteiger partial charge in [-0.2, -0.15) is 0 Å². The van der Waals surface area contributed by atoms with E-state index >= 15 is 0 Å². The van der Waals surface area contributed by atoms with Gasteiger partial charge < -0.3 is 15.4 Å². The Morgan fingerprint density at radius 3 is 2.80 bits per heavy atom. The van der Waals surface area contributed by atoms with E-state index < -0.39 is 11.9 Å². The number of carboxylic acid groups (broad SMARTS) is 1. The van der Waals surface area contributed by atoms with E-state index in [1.807, 2.05) is 0 Å². The highest BCUT2D eigenvalue weighted by atomic mass is 16.4. The van der Waals surface area contributed by atoms with E-state index in [1.54, 1.807) is 13.8 Å². The molecule has 0 saturated heterocycles. The van der Waals surface area contributed by atoms with E-state index in [9.17, 15) is 9.59 Å². The lowest BCUT2D eigenvalue weighted by atomic mass is 10.0. The quantitative estimate of drug-likeness (QED) is 0.665. The molecule has 3 N–H and O–H groups in total. The van der Waals surface area contributed by atoms with Gasteiger partial charge in [-0.15, -0.1) is 0 Å². The van der Waals surface area contributed by atoms with Crippen molar-refractivity contribution in [1.29, 1.82) is 0 Å². The number of rotatable bonds is 4. The Kier molecular flexibility index (Phi) is 3.43. The first-order valence-electron chi connectivity index (χ1n) is 4.55. The molecule has 6 heteroatoms. The number of aliphatic carboxylic acids is 1. The first-order chi connectivity index (χ1) is 7.02. The molecule has 0 amide bonds. The second kappa shape index (κ2) is 4.59. The Bertz CT molecular complexity index is 402. The van der Waals surface area contributed by atoms with Crippen LogP contribution in [-0.4, -0.2) is 27.1 Å². The van der Waals surface area contributed by atoms with Crippen LogP contribution in [0.2, 0.25) is 0 Å². The van der Waals surface area contributed by atoms with Crippen LogP contribution >= 0.6 is 0 Å². The van der Waals surface area contributed by atoms with Crippen LogP contribution in [0, 0.1) is 5.92 Å². The van der Waals surface area contributed by atoms with Gasteiger partial charge in [-0.25, -0.2) is 4.98 Å². The Labute approximate surface area is 86.4 Å². The molecule has 0 fully saturated rings. The first-order valence-corrected chi connectivity index (χ1v) is 4.55. The summed E-state index contributed by atoms with van der Waals surface area (Å²) in [6.45, 7) is 3.25. The molecule has 0 spiro atoms. The highest BCUT2D eigenvalue weighted by Crippen LogP contribution is 2.06. The molecule has 0 aliphatic rings. The van der Waals surface area contributed by atoms with Crippen molar-refractivity contribution in [3.63, 3.8) is 0 Å². The first kappa shape index (κ1) is 11.2. The van der Waals surface area contributed by atoms with Crippen LogP contribution in [0.1, 0.15) is 13.8 Å². The summed E-state index contributed by atoms with van der Waals surface area (Å²) in [6, 6.07) is -0.363. The maximum Gasteiger partial charge on any atom is 0.308 e. The second-order valence-electron chi connectivity index (χ2n) is 3.33. The number of nitrogens with one attached hydrogen (secondary N) is 2. The van der Waals surface area contributed by atoms with Crippen molar-refractivity contribution in [3.8, 4) is 0 Å². The fourth-order valence-corrected chi connectivity index (χ4v) is 1.01. The Morgan fingerprint density at radius 1 is 1.60 bits per heavy atom. The minimum Gasteiger partial charge on any atom is -0.481 e. The largest absolute Gasteiger partial charge is 0.481 e. The molecule has 2 atom stereocenters. The lowest BCUT2D eigenvalue weighted by molar-refractivity contribution is -0.141. The molecule has 0 radical (unpaired) electrons. The second-order valence-corrected chi connectivity index (χ2v) is 3.33. The van der Waals surface area contributed by atoms with Crippen molar-refractivity contribution in [2.24, 2.45) is 5.92 Å². The Morgan fingerprint density at radius 2 is 2.27 bits per heavy atom. The van der Waals surface area contributed by atoms with Gasteiger partial charge in [0.1, 0.15) is 0 Å². The van der Waals surface area contributed by atoms with E-state index in [4.69, 9.17) is 5.11 Å². The maximum absolute atomic E-state index is 11.2. The summed E-state index contributed by atoms with van der Waals surface area (Å²) in [5.74, 6) is -1.37. The zero-order chi connectivity index (χ0) is 11.4. The van der Waals surface area contributed by atoms with Crippen LogP contribution in [0.15, 0.2) is 17.2 Å². The summed E-state index contributed by atoms with van der Waals surface area (Å²) in [5.41, 5.74) is -0.359. The zero-order valence-electron chi connectivity index (χ0n) is 8.52. The van der Waals surface area contributed by atoms with Crippen molar-refractivity contribution < 1.29 is 9.90 Å². The number of aromatic nitrogens is 2. The van der Waals surface area contributed by atoms with Crippen LogP contribution in [-0.2, 0) is 4.79 Å². The minimum atomic E-state index is -0.914. The summed E-state index contributed by atoms with van der Waals surface area (Å²) in [4.78, 5) is 28.1. The Hall–Kier alpha value is -1.85. The van der Waals surface area contributed by atoms with Gasteiger partial charge in [-0.1, -0.05) is 0 Å². The molecule has 15 heavy (non-hydrogen) atoms. The van der Waals surface area contributed by atoms with E-state index in [1.165, 1.54) is 12.4 Å². The van der Waals surface area contributed by atoms with Gasteiger partial charge in [0, 0.05) is 18.4 Å². The summed E-state index contributed by atoms with van der Waals surface area (Å²) in [7, 11) is 0. The molecule has 6 nitrogen and oxygen atoms in total. The van der Waals surface area contributed by atoms with Crippen LogP contribution in [0.4, 0.5) is 5.82 Å². The lowest BCUT2D eigenvalue weighted by Gasteiger charge is -2.17. The molecule has 0 aromatic carbocycles. The van der Waals surface area contributed by atoms with Crippen molar-refractivity contribution in [1.82, 2.24) is 9.97 Å². The smallest absolute Gasteiger partial charge is 0.308 e. The molecule has 1 aromatic rings. The normalized spacial score (nSPS) is 14.3. The number of H-pyrrole nitrogens is 1. The molecular weight excluding hydrogens is 198 g/mol. The number of aromatic amines is 1. The lowest BCUT2D eigenvalue weighted by Crippen LogP contribution is -2.32. The van der Waals surface area contributed by atoms with Crippen molar-refractivity contribution in [2.75, 3.05) is 5.32 Å². The molecule has 0 saturated carbocycles. The summed E-state index contributed by atoms with van der Waals surface area (Å²) in [6.07, 6.45) is 2.85. The van der Waals surface area contributed by atoms with Gasteiger partial charge in [-0.05, 0) is 13.8 Å². The maximum atomic E-state index is 11.2. The third kappa shape index (κ3) is 2.80. The SMILES string of the molecule is CC(Nc1ncc[nH]c1=O)C(C)C(=O)O. The van der Waals surface area contributed by atoms with Crippen LogP contribution in [0.3, 0.4) is 0 Å². The molecule has 0 aliphatic carbocycles. The number of hydrogen-bond acceptors (Lipinski definition) is 4. The van der Waals surface area contributed by atoms with E-state index in [-0.39, 0.29) is 17.4 Å². The highest BCUT2D eigenvalue weighted by molar-refractivity contribution is 5.70. The predicted molar refractivity (Wildman–Crippen MR) is 54.7 cm³/mol. The molecule has 1 aromatic heterocycles. The average Bonchev–Trinajstić information content (AvgIpc) is 2.20. The van der Waals surface area contributed by atoms with Gasteiger partial charge in [-0.3, -0.25) is 9.59 Å². The molecule has 0 aliphatic heterocycles. The number of carbonyl (C=O) groups is 1. The van der Waals surface area contributed by atoms with Gasteiger partial charge in [0.25, 0.3) is 5.56 Å². The number of anilines is 1. The fourth-order valence-electron chi connectivity index (χ4n) is 1.01. The number of hydrogen-bond donors (Lipinski definition) is 3. The van der Waals surface area contributed by atoms with Crippen molar-refractivity contribution in [3.05, 3.63) is 22.7 Å². The zero-order valence-corrected chi connectivity index (χ0v) is 8.52. The van der Waals surface area contributed by atoms with Gasteiger partial charge in [0.2, 0.25) is 0 Å². The fraction of sp³-hybridized carbons (Fsp3) is 0.444. The van der Waals surface area contributed by atoms with Gasteiger partial charge >= 0.3 is 5.97 Å². The van der Waals surface area contributed by atoms with Crippen LogP contribution < -0.4 is 10.9 Å². The summed E-state index contributed by atoms with van der Waals surface area (Å²) in [5, 5.41) is 11.5. The summed E-state index contributed by atoms with van der Waals surface area (Å²) < 4.78 is 0. The van der Waals surface area contributed by atoms with E-state index in [0.29, 0.717) is 0 Å². The Balaban J connectivity index is 2.75. The predicted octanol–water partition coefficient (Wildman–Crippen LogP) is 0.291. The highest BCUT2D eigenvalue weighted by Gasteiger charge is 2.20. The molecule has 2 unspecified atom stereocenters. The van der Waals surface area contributed by atoms with E-state index in [0.717, 1.165) is 0 Å². The molecule has 82 valence electrons. The molecule has 1 rings (SSSR count). The average molecular weight is 211 g/mol. The number of nitrogens with zero attached hydrogens (tertiary/aromatic N) is 1. The van der Waals surface area contributed by atoms with Crippen LogP contribution in [0.5, 0.6) is 0 Å². The standard InChI is InChI=1S/C9H13N3O3/c1-5(9(14)15)6(2)12-7-8(13)11-4-3-10-7/h3-6H,1-2H3,(H,10,12)(H,11,13)(H,14,15). The number of carboxylic acids is 1. The van der Waals surface area contributed by atoms with Crippen molar-refractivity contribution >= 4 is 11.8 Å². The third-order valence-electron chi connectivity index (χ3n) is 2.21. The topological polar surface area (TPSA) is 95.1 Å². The molecule has 0 bridgehead atoms. The molecule has 1 heterocycles. The van der Waals surface area contributed by atoms with Gasteiger partial charge in [0.15, 0.2) is 5.82 Å². The summed E-state index contributed by atoms with van der Waals surface area (Å²) >= 11 is 0. The van der Waals surface area contributed by atoms with Crippen LogP contribution in [0.25, 0.3) is 0 Å². The third-order valence-corrected chi connectivity index (χ3v) is 2.21. The van der Waals surface area contributed by atoms with Crippen molar-refractivity contribution in [2.45, 2.75) is 19.9 Å². The van der Waals surface area contributed by atoms with Gasteiger partial charge in [0.05, 0.1) is 5.92 Å². The minimum absolute atomic E-state index is 0.137. The monoisotopic (exact) mass is 211 g/mol. The molecular formula is C9H13N3O3. The van der Waals surface area contributed by atoms with E-state index in [2.05, 4.69) is 15.3 Å².